The lowest BCUT2D eigenvalue weighted by Gasteiger charge is -2.10. The third-order valence-electron chi connectivity index (χ3n) is 2.43. The van der Waals surface area contributed by atoms with Crippen molar-refractivity contribution >= 4 is 23.8 Å². The lowest BCUT2D eigenvalue weighted by atomic mass is 10.2. The zero-order valence-corrected chi connectivity index (χ0v) is 11.0. The van der Waals surface area contributed by atoms with Gasteiger partial charge in [0.05, 0.1) is 5.02 Å². The van der Waals surface area contributed by atoms with E-state index in [2.05, 4.69) is 10.2 Å². The molecule has 0 fully saturated rings. The molecule has 0 spiro atoms. The van der Waals surface area contributed by atoms with E-state index in [1.165, 1.54) is 0 Å². The van der Waals surface area contributed by atoms with Gasteiger partial charge in [0, 0.05) is 11.6 Å². The molecule has 4 nitrogen and oxygen atoms in total. The number of nitrogens with zero attached hydrogens (tertiary/aromatic N) is 2. The summed E-state index contributed by atoms with van der Waals surface area (Å²) in [4.78, 5) is 0. The van der Waals surface area contributed by atoms with Gasteiger partial charge in [-0.15, -0.1) is 0 Å². The van der Waals surface area contributed by atoms with E-state index in [1.54, 1.807) is 18.2 Å². The van der Waals surface area contributed by atoms with Gasteiger partial charge in [0.25, 0.3) is 0 Å². The van der Waals surface area contributed by atoms with Gasteiger partial charge in [-0.3, -0.25) is 9.67 Å². The summed E-state index contributed by atoms with van der Waals surface area (Å²) < 4.78 is 2.47. The summed E-state index contributed by atoms with van der Waals surface area (Å²) in [6.07, 6.45) is 0. The first-order valence-corrected chi connectivity index (χ1v) is 5.95. The molecule has 1 aromatic carbocycles. The predicted molar refractivity (Wildman–Crippen MR) is 69.9 cm³/mol. The van der Waals surface area contributed by atoms with Gasteiger partial charge in [-0.2, -0.15) is 5.10 Å². The molecule has 90 valence electrons. The van der Waals surface area contributed by atoms with Crippen molar-refractivity contribution in [2.24, 2.45) is 0 Å². The molecular formula is C11H12ClN3OS. The molecule has 2 rings (SSSR count). The number of nitrogens with one attached hydrogen (secondary N) is 1. The Morgan fingerprint density at radius 3 is 2.76 bits per heavy atom. The molecule has 0 aliphatic heterocycles. The topological polar surface area (TPSA) is 53.8 Å². The first-order valence-electron chi connectivity index (χ1n) is 5.16. The highest BCUT2D eigenvalue weighted by Crippen LogP contribution is 2.29. The number of H-pyrrole nitrogens is 1. The van der Waals surface area contributed by atoms with Gasteiger partial charge in [0.2, 0.25) is 0 Å². The fraction of sp³-hybridized carbons (Fsp3) is 0.273. The van der Waals surface area contributed by atoms with E-state index in [0.29, 0.717) is 15.6 Å². The predicted octanol–water partition coefficient (Wildman–Crippen LogP) is 3.55. The summed E-state index contributed by atoms with van der Waals surface area (Å²) in [7, 11) is 0. The SMILES string of the molecule is CC(C)n1c(-c2ccc(O)c(Cl)c2)n[nH]c1=S. The smallest absolute Gasteiger partial charge is 0.195 e. The molecule has 6 heteroatoms. The number of rotatable bonds is 2. The molecule has 1 heterocycles. The Bertz CT molecular complexity index is 603. The van der Waals surface area contributed by atoms with E-state index in [0.717, 1.165) is 5.56 Å². The number of phenols is 1. The van der Waals surface area contributed by atoms with Gasteiger partial charge < -0.3 is 5.11 Å². The molecule has 0 saturated heterocycles. The molecule has 0 atom stereocenters. The van der Waals surface area contributed by atoms with Crippen LogP contribution in [0.15, 0.2) is 18.2 Å². The van der Waals surface area contributed by atoms with Crippen LogP contribution < -0.4 is 0 Å². The molecule has 0 saturated carbocycles. The fourth-order valence-corrected chi connectivity index (χ4v) is 2.16. The maximum atomic E-state index is 9.39. The summed E-state index contributed by atoms with van der Waals surface area (Å²) in [5.41, 5.74) is 0.814. The van der Waals surface area contributed by atoms with Gasteiger partial charge in [-0.1, -0.05) is 11.6 Å². The number of phenolic OH excluding ortho intramolecular Hbond substituents is 1. The van der Waals surface area contributed by atoms with Crippen LogP contribution in [0, 0.1) is 4.77 Å². The van der Waals surface area contributed by atoms with Crippen LogP contribution in [0.25, 0.3) is 11.4 Å². The molecule has 0 aliphatic carbocycles. The molecule has 0 aliphatic rings. The van der Waals surface area contributed by atoms with Crippen LogP contribution in [0.4, 0.5) is 0 Å². The van der Waals surface area contributed by atoms with E-state index >= 15 is 0 Å². The number of hydrogen-bond donors (Lipinski definition) is 2. The third kappa shape index (κ3) is 2.21. The highest BCUT2D eigenvalue weighted by Gasteiger charge is 2.12. The lowest BCUT2D eigenvalue weighted by Crippen LogP contribution is -2.03. The van der Waals surface area contributed by atoms with Crippen LogP contribution in [-0.4, -0.2) is 19.9 Å². The van der Waals surface area contributed by atoms with E-state index in [1.807, 2.05) is 18.4 Å². The molecule has 0 radical (unpaired) electrons. The number of halogens is 1. The van der Waals surface area contributed by atoms with Crippen LogP contribution >= 0.6 is 23.8 Å². The summed E-state index contributed by atoms with van der Waals surface area (Å²) in [5.74, 6) is 0.771. The summed E-state index contributed by atoms with van der Waals surface area (Å²) in [6, 6.07) is 5.16. The number of benzene rings is 1. The minimum absolute atomic E-state index is 0.0562. The second-order valence-electron chi connectivity index (χ2n) is 3.98. The van der Waals surface area contributed by atoms with Crippen LogP contribution in [0.2, 0.25) is 5.02 Å². The zero-order valence-electron chi connectivity index (χ0n) is 9.44. The average molecular weight is 270 g/mol. The van der Waals surface area contributed by atoms with Crippen molar-refractivity contribution in [3.8, 4) is 17.1 Å². The van der Waals surface area contributed by atoms with Crippen LogP contribution in [0.3, 0.4) is 0 Å². The Labute approximate surface area is 109 Å². The van der Waals surface area contributed by atoms with E-state index in [-0.39, 0.29) is 11.8 Å². The molecule has 0 bridgehead atoms. The van der Waals surface area contributed by atoms with Crippen LogP contribution in [-0.2, 0) is 0 Å². The minimum Gasteiger partial charge on any atom is -0.506 e. The highest BCUT2D eigenvalue weighted by atomic mass is 35.5. The fourth-order valence-electron chi connectivity index (χ4n) is 1.63. The van der Waals surface area contributed by atoms with Gasteiger partial charge in [-0.25, -0.2) is 0 Å². The Kier molecular flexibility index (Phi) is 3.22. The van der Waals surface area contributed by atoms with Crippen molar-refractivity contribution in [3.63, 3.8) is 0 Å². The molecule has 17 heavy (non-hydrogen) atoms. The number of aromatic amines is 1. The summed E-state index contributed by atoms with van der Waals surface area (Å²) >= 11 is 11.0. The normalized spacial score (nSPS) is 11.1. The minimum atomic E-state index is 0.0562. The van der Waals surface area contributed by atoms with Crippen molar-refractivity contribution in [2.75, 3.05) is 0 Å². The molecular weight excluding hydrogens is 258 g/mol. The number of hydrogen-bond acceptors (Lipinski definition) is 3. The average Bonchev–Trinajstić information content (AvgIpc) is 2.64. The van der Waals surface area contributed by atoms with Gasteiger partial charge in [-0.05, 0) is 44.3 Å². The lowest BCUT2D eigenvalue weighted by molar-refractivity contribution is 0.475. The zero-order chi connectivity index (χ0) is 12.6. The Hall–Kier alpha value is -1.33. The Balaban J connectivity index is 2.61. The number of aromatic hydroxyl groups is 1. The Morgan fingerprint density at radius 1 is 1.47 bits per heavy atom. The van der Waals surface area contributed by atoms with Gasteiger partial charge in [0.1, 0.15) is 5.75 Å². The largest absolute Gasteiger partial charge is 0.506 e. The molecule has 2 aromatic rings. The van der Waals surface area contributed by atoms with Gasteiger partial charge in [0.15, 0.2) is 10.6 Å². The van der Waals surface area contributed by atoms with Crippen molar-refractivity contribution in [1.29, 1.82) is 0 Å². The molecule has 0 amide bonds. The first-order chi connectivity index (χ1) is 8.00. The Morgan fingerprint density at radius 2 is 2.18 bits per heavy atom. The summed E-state index contributed by atoms with van der Waals surface area (Å²) in [5, 5.41) is 16.6. The third-order valence-corrected chi connectivity index (χ3v) is 3.02. The van der Waals surface area contributed by atoms with Crippen molar-refractivity contribution in [3.05, 3.63) is 28.0 Å². The summed E-state index contributed by atoms with van der Waals surface area (Å²) in [6.45, 7) is 4.05. The first kappa shape index (κ1) is 12.1. The quantitative estimate of drug-likeness (QED) is 0.820. The molecule has 0 unspecified atom stereocenters. The van der Waals surface area contributed by atoms with Crippen molar-refractivity contribution < 1.29 is 5.11 Å². The molecule has 2 N–H and O–H groups in total. The van der Waals surface area contributed by atoms with Crippen LogP contribution in [0.1, 0.15) is 19.9 Å². The van der Waals surface area contributed by atoms with E-state index in [4.69, 9.17) is 23.8 Å². The van der Waals surface area contributed by atoms with Crippen molar-refractivity contribution in [1.82, 2.24) is 14.8 Å². The van der Waals surface area contributed by atoms with Gasteiger partial charge >= 0.3 is 0 Å². The second kappa shape index (κ2) is 4.50. The van der Waals surface area contributed by atoms with E-state index in [9.17, 15) is 5.11 Å². The van der Waals surface area contributed by atoms with E-state index < -0.39 is 0 Å². The van der Waals surface area contributed by atoms with Crippen LogP contribution in [0.5, 0.6) is 5.75 Å². The highest BCUT2D eigenvalue weighted by molar-refractivity contribution is 7.71. The monoisotopic (exact) mass is 269 g/mol. The maximum Gasteiger partial charge on any atom is 0.195 e. The number of aromatic nitrogens is 3. The standard InChI is InChI=1S/C11H12ClN3OS/c1-6(2)15-10(13-14-11(15)17)7-3-4-9(16)8(12)5-7/h3-6,16H,1-2H3,(H,14,17). The molecule has 1 aromatic heterocycles. The van der Waals surface area contributed by atoms with Crippen molar-refractivity contribution in [2.45, 2.75) is 19.9 Å². The second-order valence-corrected chi connectivity index (χ2v) is 4.78. The maximum absolute atomic E-state index is 9.39.